The van der Waals surface area contributed by atoms with Crippen molar-refractivity contribution in [3.63, 3.8) is 0 Å². The van der Waals surface area contributed by atoms with Gasteiger partial charge in [0.15, 0.2) is 5.82 Å². The van der Waals surface area contributed by atoms with E-state index < -0.39 is 0 Å². The van der Waals surface area contributed by atoms with E-state index in [1.807, 2.05) is 12.1 Å². The van der Waals surface area contributed by atoms with Gasteiger partial charge in [-0.05, 0) is 44.4 Å². The summed E-state index contributed by atoms with van der Waals surface area (Å²) in [6, 6.07) is 4.21. The fourth-order valence-corrected chi connectivity index (χ4v) is 3.05. The number of carbonyl (C=O) groups is 1. The van der Waals surface area contributed by atoms with E-state index in [0.717, 1.165) is 44.6 Å². The van der Waals surface area contributed by atoms with E-state index in [1.54, 1.807) is 6.20 Å². The summed E-state index contributed by atoms with van der Waals surface area (Å²) >= 11 is 0. The number of rotatable bonds is 4. The van der Waals surface area contributed by atoms with Crippen LogP contribution in [0.1, 0.15) is 25.7 Å². The molecule has 22 heavy (non-hydrogen) atoms. The zero-order valence-corrected chi connectivity index (χ0v) is 14.0. The first-order chi connectivity index (χ1) is 9.84. The van der Waals surface area contributed by atoms with Crippen molar-refractivity contribution >= 4 is 36.5 Å². The molecule has 2 saturated heterocycles. The molecular formula is C14H23Cl2N5O. The van der Waals surface area contributed by atoms with Gasteiger partial charge in [0.2, 0.25) is 5.91 Å². The van der Waals surface area contributed by atoms with Crippen LogP contribution in [0.3, 0.4) is 0 Å². The molecule has 1 amide bonds. The Kier molecular flexibility index (Phi) is 7.85. The van der Waals surface area contributed by atoms with Gasteiger partial charge in [-0.3, -0.25) is 4.79 Å². The van der Waals surface area contributed by atoms with Gasteiger partial charge >= 0.3 is 0 Å². The third-order valence-corrected chi connectivity index (χ3v) is 4.12. The topological polar surface area (TPSA) is 70.2 Å². The molecule has 3 rings (SSSR count). The SMILES string of the molecule is Cl.Cl.O=C(NCC1CCCN1c1cccnn1)C1CCCN1. The Morgan fingerprint density at radius 2 is 2.23 bits per heavy atom. The highest BCUT2D eigenvalue weighted by molar-refractivity contribution is 5.85. The maximum Gasteiger partial charge on any atom is 0.237 e. The second kappa shape index (κ2) is 9.12. The first kappa shape index (κ1) is 18.9. The third-order valence-electron chi connectivity index (χ3n) is 4.12. The molecule has 0 radical (unpaired) electrons. The Bertz CT molecular complexity index is 456. The van der Waals surface area contributed by atoms with E-state index in [9.17, 15) is 4.79 Å². The van der Waals surface area contributed by atoms with E-state index in [-0.39, 0.29) is 36.8 Å². The monoisotopic (exact) mass is 347 g/mol. The zero-order chi connectivity index (χ0) is 13.8. The number of amides is 1. The molecule has 2 N–H and O–H groups in total. The van der Waals surface area contributed by atoms with Crippen molar-refractivity contribution in [3.05, 3.63) is 18.3 Å². The van der Waals surface area contributed by atoms with Gasteiger partial charge in [-0.15, -0.1) is 29.9 Å². The van der Waals surface area contributed by atoms with Crippen molar-refractivity contribution in [3.8, 4) is 0 Å². The van der Waals surface area contributed by atoms with E-state index in [0.29, 0.717) is 12.6 Å². The molecule has 3 heterocycles. The van der Waals surface area contributed by atoms with Crippen LogP contribution < -0.4 is 15.5 Å². The second-order valence-corrected chi connectivity index (χ2v) is 5.47. The van der Waals surface area contributed by atoms with Gasteiger partial charge in [0.05, 0.1) is 6.04 Å². The smallest absolute Gasteiger partial charge is 0.237 e. The number of nitrogens with one attached hydrogen (secondary N) is 2. The van der Waals surface area contributed by atoms with Gasteiger partial charge in [-0.1, -0.05) is 0 Å². The largest absolute Gasteiger partial charge is 0.353 e. The lowest BCUT2D eigenvalue weighted by atomic mass is 10.2. The van der Waals surface area contributed by atoms with E-state index in [2.05, 4.69) is 25.7 Å². The van der Waals surface area contributed by atoms with Crippen molar-refractivity contribution in [2.75, 3.05) is 24.5 Å². The van der Waals surface area contributed by atoms with Gasteiger partial charge in [-0.25, -0.2) is 0 Å². The van der Waals surface area contributed by atoms with Gasteiger partial charge in [0.1, 0.15) is 0 Å². The lowest BCUT2D eigenvalue weighted by Crippen LogP contribution is -2.46. The molecule has 2 atom stereocenters. The summed E-state index contributed by atoms with van der Waals surface area (Å²) in [6.45, 7) is 2.63. The molecule has 2 fully saturated rings. The average molecular weight is 348 g/mol. The predicted octanol–water partition coefficient (Wildman–Crippen LogP) is 1.16. The molecule has 0 aromatic carbocycles. The lowest BCUT2D eigenvalue weighted by Gasteiger charge is -2.25. The first-order valence-electron chi connectivity index (χ1n) is 7.40. The fourth-order valence-electron chi connectivity index (χ4n) is 3.05. The second-order valence-electron chi connectivity index (χ2n) is 5.47. The van der Waals surface area contributed by atoms with E-state index in [4.69, 9.17) is 0 Å². The molecule has 0 spiro atoms. The summed E-state index contributed by atoms with van der Waals surface area (Å²) in [5.74, 6) is 1.04. The Balaban J connectivity index is 0.00000121. The molecule has 8 heteroatoms. The highest BCUT2D eigenvalue weighted by atomic mass is 35.5. The number of aromatic nitrogens is 2. The number of hydrogen-bond acceptors (Lipinski definition) is 5. The highest BCUT2D eigenvalue weighted by Gasteiger charge is 2.28. The summed E-state index contributed by atoms with van der Waals surface area (Å²) in [5.41, 5.74) is 0. The first-order valence-corrected chi connectivity index (χ1v) is 7.40. The molecule has 1 aromatic rings. The van der Waals surface area contributed by atoms with Crippen molar-refractivity contribution < 1.29 is 4.79 Å². The van der Waals surface area contributed by atoms with Crippen LogP contribution in [0.15, 0.2) is 18.3 Å². The number of anilines is 1. The molecule has 124 valence electrons. The molecule has 0 saturated carbocycles. The zero-order valence-electron chi connectivity index (χ0n) is 12.4. The molecule has 1 aromatic heterocycles. The molecule has 0 aliphatic carbocycles. The van der Waals surface area contributed by atoms with Gasteiger partial charge in [0.25, 0.3) is 0 Å². The van der Waals surface area contributed by atoms with Gasteiger partial charge in [-0.2, -0.15) is 5.10 Å². The molecule has 2 unspecified atom stereocenters. The molecule has 0 bridgehead atoms. The molecule has 2 aliphatic heterocycles. The van der Waals surface area contributed by atoms with E-state index >= 15 is 0 Å². The third kappa shape index (κ3) is 4.44. The average Bonchev–Trinajstić information content (AvgIpc) is 3.17. The summed E-state index contributed by atoms with van der Waals surface area (Å²) in [5, 5.41) is 14.4. The summed E-state index contributed by atoms with van der Waals surface area (Å²) in [4.78, 5) is 14.3. The molecular weight excluding hydrogens is 325 g/mol. The fraction of sp³-hybridized carbons (Fsp3) is 0.643. The van der Waals surface area contributed by atoms with Gasteiger partial charge < -0.3 is 15.5 Å². The van der Waals surface area contributed by atoms with Gasteiger partial charge in [0, 0.05) is 25.3 Å². The van der Waals surface area contributed by atoms with Crippen LogP contribution in [0.4, 0.5) is 5.82 Å². The van der Waals surface area contributed by atoms with Crippen LogP contribution in [0, 0.1) is 0 Å². The summed E-state index contributed by atoms with van der Waals surface area (Å²) < 4.78 is 0. The van der Waals surface area contributed by atoms with E-state index in [1.165, 1.54) is 0 Å². The minimum atomic E-state index is 0. The summed E-state index contributed by atoms with van der Waals surface area (Å²) in [7, 11) is 0. The number of nitrogens with zero attached hydrogens (tertiary/aromatic N) is 3. The Labute approximate surface area is 143 Å². The van der Waals surface area contributed by atoms with Crippen molar-refractivity contribution in [1.82, 2.24) is 20.8 Å². The van der Waals surface area contributed by atoms with Crippen LogP contribution in [-0.4, -0.2) is 47.8 Å². The van der Waals surface area contributed by atoms with Crippen LogP contribution in [0.2, 0.25) is 0 Å². The Hall–Kier alpha value is -1.11. The van der Waals surface area contributed by atoms with Crippen LogP contribution in [0.5, 0.6) is 0 Å². The van der Waals surface area contributed by atoms with Crippen LogP contribution in [-0.2, 0) is 4.79 Å². The standard InChI is InChI=1S/C14H21N5O.2ClH/c20-14(12-5-1-7-15-12)16-10-11-4-3-9-19(11)13-6-2-8-17-18-13;;/h2,6,8,11-12,15H,1,3-5,7,9-10H2,(H,16,20);2*1H. The highest BCUT2D eigenvalue weighted by Crippen LogP contribution is 2.22. The minimum absolute atomic E-state index is 0. The number of halogens is 2. The normalized spacial score (nSPS) is 23.5. The predicted molar refractivity (Wildman–Crippen MR) is 90.9 cm³/mol. The molecule has 6 nitrogen and oxygen atoms in total. The Morgan fingerprint density at radius 3 is 2.91 bits per heavy atom. The maximum atomic E-state index is 12.0. The summed E-state index contributed by atoms with van der Waals surface area (Å²) in [6.07, 6.45) is 5.95. The molecule has 2 aliphatic rings. The van der Waals surface area contributed by atoms with Crippen molar-refractivity contribution in [2.24, 2.45) is 0 Å². The van der Waals surface area contributed by atoms with Crippen molar-refractivity contribution in [1.29, 1.82) is 0 Å². The van der Waals surface area contributed by atoms with Crippen molar-refractivity contribution in [2.45, 2.75) is 37.8 Å². The van der Waals surface area contributed by atoms with Crippen LogP contribution >= 0.6 is 24.8 Å². The number of hydrogen-bond donors (Lipinski definition) is 2. The number of carbonyl (C=O) groups excluding carboxylic acids is 1. The minimum Gasteiger partial charge on any atom is -0.353 e. The Morgan fingerprint density at radius 1 is 1.36 bits per heavy atom. The quantitative estimate of drug-likeness (QED) is 0.855. The maximum absolute atomic E-state index is 12.0. The van der Waals surface area contributed by atoms with Crippen LogP contribution in [0.25, 0.3) is 0 Å². The lowest BCUT2D eigenvalue weighted by molar-refractivity contribution is -0.122.